The second-order valence-corrected chi connectivity index (χ2v) is 6.59. The van der Waals surface area contributed by atoms with E-state index in [1.54, 1.807) is 45.7 Å². The van der Waals surface area contributed by atoms with Gasteiger partial charge in [0.25, 0.3) is 0 Å². The van der Waals surface area contributed by atoms with Crippen molar-refractivity contribution in [2.45, 2.75) is 13.5 Å². The van der Waals surface area contributed by atoms with Gasteiger partial charge in [-0.15, -0.1) is 0 Å². The minimum absolute atomic E-state index is 0.239. The number of methoxy groups -OCH3 is 2. The van der Waals surface area contributed by atoms with Crippen LogP contribution in [0.3, 0.4) is 0 Å². The molecule has 0 aliphatic carbocycles. The molecule has 8 nitrogen and oxygen atoms in total. The minimum atomic E-state index is -0.973. The Morgan fingerprint density at radius 1 is 1.14 bits per heavy atom. The predicted octanol–water partition coefficient (Wildman–Crippen LogP) is 3.52. The molecule has 0 saturated carbocycles. The molecule has 0 saturated heterocycles. The summed E-state index contributed by atoms with van der Waals surface area (Å²) in [6, 6.07) is 9.01. The van der Waals surface area contributed by atoms with Gasteiger partial charge in [0, 0.05) is 18.2 Å². The van der Waals surface area contributed by atoms with Crippen LogP contribution in [0.1, 0.15) is 21.5 Å². The number of hydrogen-bond acceptors (Lipinski definition) is 6. The zero-order valence-corrected chi connectivity index (χ0v) is 16.3. The number of imidazole rings is 1. The number of carbonyl (C=O) groups is 1. The number of hydrogen-bond donors (Lipinski definition) is 2. The lowest BCUT2D eigenvalue weighted by Crippen LogP contribution is -2.07. The van der Waals surface area contributed by atoms with Crippen LogP contribution in [0.25, 0.3) is 16.6 Å². The van der Waals surface area contributed by atoms with Crippen molar-refractivity contribution in [3.63, 3.8) is 0 Å². The number of aromatic nitrogens is 3. The Morgan fingerprint density at radius 2 is 1.93 bits per heavy atom. The van der Waals surface area contributed by atoms with Crippen LogP contribution in [-0.2, 0) is 6.54 Å². The van der Waals surface area contributed by atoms with Crippen molar-refractivity contribution < 1.29 is 19.4 Å². The van der Waals surface area contributed by atoms with E-state index in [1.165, 1.54) is 0 Å². The molecular formula is C21H20N4O4. The van der Waals surface area contributed by atoms with Crippen LogP contribution in [0, 0.1) is 6.92 Å². The van der Waals surface area contributed by atoms with Crippen LogP contribution >= 0.6 is 0 Å². The highest BCUT2D eigenvalue weighted by Crippen LogP contribution is 2.27. The zero-order chi connectivity index (χ0) is 20.5. The Kier molecular flexibility index (Phi) is 4.67. The standard InChI is InChI=1S/C21H20N4O4/c1-12-6-17-18(8-16(12)20(26)27)25-14(10-22-17)11-24-21(25)23-9-13-4-5-15(28-2)7-19(13)29-3/h4-8,10-11H,9H2,1-3H3,(H,23,24)(H,26,27). The number of aromatic carboxylic acids is 1. The quantitative estimate of drug-likeness (QED) is 0.518. The number of ether oxygens (including phenoxy) is 2. The largest absolute Gasteiger partial charge is 0.497 e. The van der Waals surface area contributed by atoms with Gasteiger partial charge in [-0.2, -0.15) is 0 Å². The van der Waals surface area contributed by atoms with E-state index in [0.717, 1.165) is 11.1 Å². The van der Waals surface area contributed by atoms with Crippen LogP contribution in [-0.4, -0.2) is 39.7 Å². The number of benzene rings is 2. The molecule has 0 amide bonds. The van der Waals surface area contributed by atoms with E-state index < -0.39 is 5.97 Å². The maximum absolute atomic E-state index is 11.6. The van der Waals surface area contributed by atoms with E-state index in [9.17, 15) is 9.90 Å². The van der Waals surface area contributed by atoms with Gasteiger partial charge in [0.2, 0.25) is 5.95 Å². The highest BCUT2D eigenvalue weighted by atomic mass is 16.5. The maximum atomic E-state index is 11.6. The van der Waals surface area contributed by atoms with E-state index >= 15 is 0 Å². The summed E-state index contributed by atoms with van der Waals surface area (Å²) in [5.74, 6) is 1.03. The summed E-state index contributed by atoms with van der Waals surface area (Å²) in [4.78, 5) is 20.5. The topological polar surface area (TPSA) is 98.0 Å². The summed E-state index contributed by atoms with van der Waals surface area (Å²) in [6.45, 7) is 2.23. The average molecular weight is 392 g/mol. The van der Waals surface area contributed by atoms with Crippen molar-refractivity contribution in [2.75, 3.05) is 19.5 Å². The molecule has 8 heteroatoms. The molecule has 29 heavy (non-hydrogen) atoms. The molecule has 2 aromatic carbocycles. The Bertz CT molecular complexity index is 1230. The van der Waals surface area contributed by atoms with Gasteiger partial charge in [-0.3, -0.25) is 9.38 Å². The van der Waals surface area contributed by atoms with E-state index in [2.05, 4.69) is 15.3 Å². The smallest absolute Gasteiger partial charge is 0.336 e. The lowest BCUT2D eigenvalue weighted by molar-refractivity contribution is 0.0696. The fraction of sp³-hybridized carbons (Fsp3) is 0.190. The molecule has 2 N–H and O–H groups in total. The molecule has 0 bridgehead atoms. The number of rotatable bonds is 6. The molecule has 0 aliphatic heterocycles. The number of aryl methyl sites for hydroxylation is 1. The second-order valence-electron chi connectivity index (χ2n) is 6.59. The van der Waals surface area contributed by atoms with E-state index in [1.807, 2.05) is 22.6 Å². The molecule has 0 radical (unpaired) electrons. The highest BCUT2D eigenvalue weighted by molar-refractivity contribution is 5.95. The van der Waals surface area contributed by atoms with Crippen LogP contribution in [0.15, 0.2) is 42.7 Å². The lowest BCUT2D eigenvalue weighted by atomic mass is 10.1. The summed E-state index contributed by atoms with van der Waals surface area (Å²) >= 11 is 0. The zero-order valence-electron chi connectivity index (χ0n) is 16.3. The minimum Gasteiger partial charge on any atom is -0.497 e. The predicted molar refractivity (Wildman–Crippen MR) is 109 cm³/mol. The van der Waals surface area contributed by atoms with Gasteiger partial charge in [0.05, 0.1) is 48.7 Å². The number of carboxylic acids is 1. The molecule has 0 aliphatic rings. The first-order chi connectivity index (χ1) is 14.0. The third-order valence-electron chi connectivity index (χ3n) is 4.85. The maximum Gasteiger partial charge on any atom is 0.336 e. The number of fused-ring (bicyclic) bond motifs is 3. The second kappa shape index (κ2) is 7.31. The first kappa shape index (κ1) is 18.5. The Labute approximate surface area is 166 Å². The van der Waals surface area contributed by atoms with Gasteiger partial charge in [0.1, 0.15) is 11.5 Å². The monoisotopic (exact) mass is 392 g/mol. The van der Waals surface area contributed by atoms with Crippen molar-refractivity contribution >= 4 is 28.5 Å². The van der Waals surface area contributed by atoms with Crippen LogP contribution < -0.4 is 14.8 Å². The number of nitrogens with one attached hydrogen (secondary N) is 1. The van der Waals surface area contributed by atoms with Gasteiger partial charge >= 0.3 is 5.97 Å². The van der Waals surface area contributed by atoms with Gasteiger partial charge < -0.3 is 19.9 Å². The first-order valence-corrected chi connectivity index (χ1v) is 8.96. The number of nitrogens with zero attached hydrogens (tertiary/aromatic N) is 3. The molecular weight excluding hydrogens is 372 g/mol. The molecule has 0 fully saturated rings. The number of anilines is 1. The summed E-state index contributed by atoms with van der Waals surface area (Å²) in [5.41, 5.74) is 3.97. The highest BCUT2D eigenvalue weighted by Gasteiger charge is 2.14. The molecule has 0 spiro atoms. The Balaban J connectivity index is 1.76. The van der Waals surface area contributed by atoms with Crippen molar-refractivity contribution in [1.29, 1.82) is 0 Å². The average Bonchev–Trinajstić information content (AvgIpc) is 3.14. The lowest BCUT2D eigenvalue weighted by Gasteiger charge is -2.12. The van der Waals surface area contributed by atoms with Crippen LogP contribution in [0.2, 0.25) is 0 Å². The molecule has 0 atom stereocenters. The van der Waals surface area contributed by atoms with E-state index in [-0.39, 0.29) is 5.56 Å². The third kappa shape index (κ3) is 3.29. The Hall–Kier alpha value is -3.81. The molecule has 2 aromatic heterocycles. The SMILES string of the molecule is COc1ccc(CNc2ncc3cnc4cc(C)c(C(=O)O)cc4n23)c(OC)c1. The van der Waals surface area contributed by atoms with Crippen molar-refractivity contribution in [2.24, 2.45) is 0 Å². The van der Waals surface area contributed by atoms with Crippen LogP contribution in [0.5, 0.6) is 11.5 Å². The van der Waals surface area contributed by atoms with E-state index in [0.29, 0.717) is 40.6 Å². The summed E-state index contributed by atoms with van der Waals surface area (Å²) in [6.07, 6.45) is 3.41. The van der Waals surface area contributed by atoms with Crippen molar-refractivity contribution in [3.05, 3.63) is 59.4 Å². The van der Waals surface area contributed by atoms with Gasteiger partial charge in [-0.05, 0) is 36.8 Å². The normalized spacial score (nSPS) is 11.0. The molecule has 2 heterocycles. The van der Waals surface area contributed by atoms with Crippen LogP contribution in [0.4, 0.5) is 5.95 Å². The summed E-state index contributed by atoms with van der Waals surface area (Å²) in [5, 5.41) is 12.8. The van der Waals surface area contributed by atoms with Crippen molar-refractivity contribution in [3.8, 4) is 11.5 Å². The first-order valence-electron chi connectivity index (χ1n) is 8.96. The van der Waals surface area contributed by atoms with E-state index in [4.69, 9.17) is 9.47 Å². The van der Waals surface area contributed by atoms with Gasteiger partial charge in [-0.25, -0.2) is 9.78 Å². The molecule has 0 unspecified atom stereocenters. The van der Waals surface area contributed by atoms with Gasteiger partial charge in [-0.1, -0.05) is 0 Å². The van der Waals surface area contributed by atoms with Gasteiger partial charge in [0.15, 0.2) is 0 Å². The molecule has 4 aromatic rings. The fourth-order valence-corrected chi connectivity index (χ4v) is 3.34. The number of carboxylic acid groups (broad SMARTS) is 1. The summed E-state index contributed by atoms with van der Waals surface area (Å²) < 4.78 is 12.5. The Morgan fingerprint density at radius 3 is 2.66 bits per heavy atom. The molecule has 148 valence electrons. The third-order valence-corrected chi connectivity index (χ3v) is 4.85. The fourth-order valence-electron chi connectivity index (χ4n) is 3.34. The molecule has 4 rings (SSSR count). The van der Waals surface area contributed by atoms with Crippen molar-refractivity contribution in [1.82, 2.24) is 14.4 Å². The summed E-state index contributed by atoms with van der Waals surface area (Å²) in [7, 11) is 3.22.